The fourth-order valence-corrected chi connectivity index (χ4v) is 2.14. The highest BCUT2D eigenvalue weighted by Crippen LogP contribution is 2.19. The number of hydrogen-bond donors (Lipinski definition) is 1. The van der Waals surface area contributed by atoms with Crippen molar-refractivity contribution in [2.24, 2.45) is 5.92 Å². The SMILES string of the molecule is CCC(C)CN(CC)C(CNC1CC1)COC. The maximum absolute atomic E-state index is 5.37. The van der Waals surface area contributed by atoms with Crippen LogP contribution in [0.2, 0.25) is 0 Å². The molecule has 102 valence electrons. The van der Waals surface area contributed by atoms with Crippen molar-refractivity contribution in [2.75, 3.05) is 33.4 Å². The van der Waals surface area contributed by atoms with Gasteiger partial charge < -0.3 is 10.1 Å². The summed E-state index contributed by atoms with van der Waals surface area (Å²) in [5, 5.41) is 3.63. The van der Waals surface area contributed by atoms with Crippen LogP contribution < -0.4 is 5.32 Å². The van der Waals surface area contributed by atoms with E-state index in [0.717, 1.165) is 31.7 Å². The third-order valence-corrected chi connectivity index (χ3v) is 3.74. The molecule has 0 saturated heterocycles. The molecular weight excluding hydrogens is 212 g/mol. The molecule has 0 radical (unpaired) electrons. The van der Waals surface area contributed by atoms with Crippen molar-refractivity contribution in [3.8, 4) is 0 Å². The van der Waals surface area contributed by atoms with Gasteiger partial charge in [0.25, 0.3) is 0 Å². The van der Waals surface area contributed by atoms with Crippen molar-refractivity contribution in [1.29, 1.82) is 0 Å². The predicted molar refractivity (Wildman–Crippen MR) is 73.4 cm³/mol. The lowest BCUT2D eigenvalue weighted by atomic mass is 10.1. The first-order chi connectivity index (χ1) is 8.21. The van der Waals surface area contributed by atoms with E-state index in [1.54, 1.807) is 7.11 Å². The van der Waals surface area contributed by atoms with Crippen molar-refractivity contribution in [2.45, 2.75) is 52.1 Å². The van der Waals surface area contributed by atoms with Gasteiger partial charge in [0.05, 0.1) is 6.61 Å². The molecule has 17 heavy (non-hydrogen) atoms. The first-order valence-corrected chi connectivity index (χ1v) is 7.17. The lowest BCUT2D eigenvalue weighted by molar-refractivity contribution is 0.0827. The molecule has 0 aromatic rings. The van der Waals surface area contributed by atoms with Crippen LogP contribution in [0.4, 0.5) is 0 Å². The molecule has 1 N–H and O–H groups in total. The fraction of sp³-hybridized carbons (Fsp3) is 1.00. The number of nitrogens with zero attached hydrogens (tertiary/aromatic N) is 1. The van der Waals surface area contributed by atoms with Crippen molar-refractivity contribution >= 4 is 0 Å². The van der Waals surface area contributed by atoms with E-state index < -0.39 is 0 Å². The van der Waals surface area contributed by atoms with Crippen LogP contribution in [0.1, 0.15) is 40.0 Å². The van der Waals surface area contributed by atoms with Crippen LogP contribution in [0.15, 0.2) is 0 Å². The van der Waals surface area contributed by atoms with E-state index in [-0.39, 0.29) is 0 Å². The average molecular weight is 242 g/mol. The van der Waals surface area contributed by atoms with Crippen molar-refractivity contribution in [3.63, 3.8) is 0 Å². The zero-order chi connectivity index (χ0) is 12.7. The second-order valence-corrected chi connectivity index (χ2v) is 5.39. The lowest BCUT2D eigenvalue weighted by Gasteiger charge is -2.32. The highest BCUT2D eigenvalue weighted by atomic mass is 16.5. The summed E-state index contributed by atoms with van der Waals surface area (Å²) in [5.41, 5.74) is 0. The van der Waals surface area contributed by atoms with Crippen LogP contribution in [0.5, 0.6) is 0 Å². The summed E-state index contributed by atoms with van der Waals surface area (Å²) in [6.07, 6.45) is 3.97. The molecule has 2 atom stereocenters. The van der Waals surface area contributed by atoms with Gasteiger partial charge in [-0.1, -0.05) is 27.2 Å². The maximum Gasteiger partial charge on any atom is 0.0630 e. The largest absolute Gasteiger partial charge is 0.383 e. The Balaban J connectivity index is 2.38. The minimum absolute atomic E-state index is 0.527. The zero-order valence-corrected chi connectivity index (χ0v) is 12.0. The third-order valence-electron chi connectivity index (χ3n) is 3.74. The Labute approximate surface area is 107 Å². The van der Waals surface area contributed by atoms with Gasteiger partial charge >= 0.3 is 0 Å². The smallest absolute Gasteiger partial charge is 0.0630 e. The molecule has 1 saturated carbocycles. The number of methoxy groups -OCH3 is 1. The maximum atomic E-state index is 5.37. The van der Waals surface area contributed by atoms with Crippen LogP contribution in [0.25, 0.3) is 0 Å². The Morgan fingerprint density at radius 1 is 1.35 bits per heavy atom. The van der Waals surface area contributed by atoms with E-state index in [2.05, 4.69) is 31.0 Å². The average Bonchev–Trinajstić information content (AvgIpc) is 3.15. The predicted octanol–water partition coefficient (Wildman–Crippen LogP) is 2.12. The first kappa shape index (κ1) is 14.9. The highest BCUT2D eigenvalue weighted by molar-refractivity contribution is 4.84. The van der Waals surface area contributed by atoms with Gasteiger partial charge in [0.2, 0.25) is 0 Å². The lowest BCUT2D eigenvalue weighted by Crippen LogP contribution is -2.47. The van der Waals surface area contributed by atoms with Crippen LogP contribution >= 0.6 is 0 Å². The van der Waals surface area contributed by atoms with Crippen LogP contribution in [-0.4, -0.2) is 50.3 Å². The Morgan fingerprint density at radius 3 is 2.53 bits per heavy atom. The molecule has 0 spiro atoms. The monoisotopic (exact) mass is 242 g/mol. The third kappa shape index (κ3) is 5.84. The molecule has 0 bridgehead atoms. The molecule has 1 fully saturated rings. The minimum atomic E-state index is 0.527. The molecule has 0 heterocycles. The fourth-order valence-electron chi connectivity index (χ4n) is 2.14. The molecular formula is C14H30N2O. The molecule has 1 rings (SSSR count). The quantitative estimate of drug-likeness (QED) is 0.635. The second kappa shape index (κ2) is 8.06. The van der Waals surface area contributed by atoms with Crippen molar-refractivity contribution < 1.29 is 4.74 Å². The Hall–Kier alpha value is -0.120. The van der Waals surface area contributed by atoms with Gasteiger partial charge in [0.15, 0.2) is 0 Å². The van der Waals surface area contributed by atoms with Crippen LogP contribution in [0.3, 0.4) is 0 Å². The number of rotatable bonds is 10. The van der Waals surface area contributed by atoms with E-state index in [0.29, 0.717) is 6.04 Å². The standard InChI is InChI=1S/C14H30N2O/c1-5-12(3)10-16(6-2)14(11-17-4)9-15-13-7-8-13/h12-15H,5-11H2,1-4H3. The normalized spacial score (nSPS) is 19.6. The van der Waals surface area contributed by atoms with Gasteiger partial charge in [-0.05, 0) is 25.3 Å². The molecule has 1 aliphatic carbocycles. The van der Waals surface area contributed by atoms with Gasteiger partial charge in [0.1, 0.15) is 0 Å². The first-order valence-electron chi connectivity index (χ1n) is 7.17. The molecule has 0 aliphatic heterocycles. The second-order valence-electron chi connectivity index (χ2n) is 5.39. The summed E-state index contributed by atoms with van der Waals surface area (Å²) in [4.78, 5) is 2.56. The summed E-state index contributed by atoms with van der Waals surface area (Å²) in [5.74, 6) is 0.773. The number of ether oxygens (including phenoxy) is 1. The van der Waals surface area contributed by atoms with Crippen molar-refractivity contribution in [3.05, 3.63) is 0 Å². The molecule has 0 aromatic carbocycles. The molecule has 1 aliphatic rings. The van der Waals surface area contributed by atoms with Gasteiger partial charge in [-0.15, -0.1) is 0 Å². The molecule has 3 heteroatoms. The van der Waals surface area contributed by atoms with E-state index in [4.69, 9.17) is 4.74 Å². The molecule has 2 unspecified atom stereocenters. The van der Waals surface area contributed by atoms with Crippen LogP contribution in [0, 0.1) is 5.92 Å². The number of nitrogens with one attached hydrogen (secondary N) is 1. The topological polar surface area (TPSA) is 24.5 Å². The summed E-state index contributed by atoms with van der Waals surface area (Å²) >= 11 is 0. The Morgan fingerprint density at radius 2 is 2.06 bits per heavy atom. The van der Waals surface area contributed by atoms with Gasteiger partial charge in [0, 0.05) is 32.3 Å². The van der Waals surface area contributed by atoms with Gasteiger partial charge in [-0.2, -0.15) is 0 Å². The molecule has 0 amide bonds. The molecule has 0 aromatic heterocycles. The highest BCUT2D eigenvalue weighted by Gasteiger charge is 2.24. The van der Waals surface area contributed by atoms with E-state index >= 15 is 0 Å². The van der Waals surface area contributed by atoms with E-state index in [1.165, 1.54) is 25.8 Å². The minimum Gasteiger partial charge on any atom is -0.383 e. The number of likely N-dealkylation sites (N-methyl/N-ethyl adjacent to an activating group) is 1. The number of hydrogen-bond acceptors (Lipinski definition) is 3. The van der Waals surface area contributed by atoms with E-state index in [9.17, 15) is 0 Å². The zero-order valence-electron chi connectivity index (χ0n) is 12.0. The van der Waals surface area contributed by atoms with Crippen molar-refractivity contribution in [1.82, 2.24) is 10.2 Å². The Bertz CT molecular complexity index is 195. The summed E-state index contributed by atoms with van der Waals surface area (Å²) in [6, 6.07) is 1.32. The summed E-state index contributed by atoms with van der Waals surface area (Å²) in [6.45, 7) is 11.1. The summed E-state index contributed by atoms with van der Waals surface area (Å²) in [7, 11) is 1.81. The van der Waals surface area contributed by atoms with Gasteiger partial charge in [-0.3, -0.25) is 4.90 Å². The van der Waals surface area contributed by atoms with Crippen LogP contribution in [-0.2, 0) is 4.74 Å². The van der Waals surface area contributed by atoms with Gasteiger partial charge in [-0.25, -0.2) is 0 Å². The summed E-state index contributed by atoms with van der Waals surface area (Å²) < 4.78 is 5.37. The van der Waals surface area contributed by atoms with E-state index in [1.807, 2.05) is 0 Å². The Kier molecular flexibility index (Phi) is 7.09. The molecule has 3 nitrogen and oxygen atoms in total.